The van der Waals surface area contributed by atoms with Gasteiger partial charge in [0.25, 0.3) is 0 Å². The van der Waals surface area contributed by atoms with E-state index in [0.717, 1.165) is 73.6 Å². The number of carbonyl (C=O) groups excluding carboxylic acids is 1. The number of rotatable bonds is 6. The highest BCUT2D eigenvalue weighted by Gasteiger charge is 2.23. The standard InChI is InChI=1S/C25H28F2O3/c26-21-11-9-19(23(13-21)17-5-1-2-6-17)15-29-25(28)30-16-20-10-12-22(27)14-24(20)18-7-3-4-8-18/h9-14,17-18H,1-8,15-16H2. The summed E-state index contributed by atoms with van der Waals surface area (Å²) in [7, 11) is 0. The number of carbonyl (C=O) groups is 1. The fourth-order valence-electron chi connectivity index (χ4n) is 4.94. The maximum absolute atomic E-state index is 13.7. The van der Waals surface area contributed by atoms with Crippen LogP contribution in [0.1, 0.15) is 85.5 Å². The van der Waals surface area contributed by atoms with Gasteiger partial charge in [0.05, 0.1) is 0 Å². The Hall–Kier alpha value is -2.43. The Labute approximate surface area is 176 Å². The van der Waals surface area contributed by atoms with Crippen molar-refractivity contribution in [2.75, 3.05) is 0 Å². The van der Waals surface area contributed by atoms with Crippen LogP contribution in [0.3, 0.4) is 0 Å². The lowest BCUT2D eigenvalue weighted by Gasteiger charge is -2.17. The predicted octanol–water partition coefficient (Wildman–Crippen LogP) is 7.13. The molecule has 5 heteroatoms. The van der Waals surface area contributed by atoms with Crippen molar-refractivity contribution >= 4 is 6.16 Å². The Balaban J connectivity index is 1.36. The molecular formula is C25H28F2O3. The quantitative estimate of drug-likeness (QED) is 0.472. The monoisotopic (exact) mass is 414 g/mol. The van der Waals surface area contributed by atoms with Crippen molar-refractivity contribution in [1.29, 1.82) is 0 Å². The minimum atomic E-state index is -0.765. The van der Waals surface area contributed by atoms with E-state index in [1.54, 1.807) is 24.3 Å². The number of ether oxygens (including phenoxy) is 2. The molecule has 30 heavy (non-hydrogen) atoms. The Morgan fingerprint density at radius 2 is 1.13 bits per heavy atom. The normalized spacial score (nSPS) is 17.4. The van der Waals surface area contributed by atoms with Gasteiger partial charge in [0, 0.05) is 0 Å². The summed E-state index contributed by atoms with van der Waals surface area (Å²) >= 11 is 0. The van der Waals surface area contributed by atoms with Gasteiger partial charge in [-0.2, -0.15) is 0 Å². The van der Waals surface area contributed by atoms with E-state index in [2.05, 4.69) is 0 Å². The Bertz CT molecular complexity index is 812. The van der Waals surface area contributed by atoms with Crippen molar-refractivity contribution in [3.63, 3.8) is 0 Å². The molecule has 2 fully saturated rings. The fourth-order valence-corrected chi connectivity index (χ4v) is 4.94. The van der Waals surface area contributed by atoms with Gasteiger partial charge in [-0.05, 0) is 84.0 Å². The van der Waals surface area contributed by atoms with Gasteiger partial charge in [0.2, 0.25) is 0 Å². The first-order valence-electron chi connectivity index (χ1n) is 11.0. The molecule has 160 valence electrons. The van der Waals surface area contributed by atoms with Crippen LogP contribution in [-0.2, 0) is 22.7 Å². The highest BCUT2D eigenvalue weighted by atomic mass is 19.1. The topological polar surface area (TPSA) is 35.5 Å². The van der Waals surface area contributed by atoms with Crippen LogP contribution in [0.25, 0.3) is 0 Å². The van der Waals surface area contributed by atoms with E-state index >= 15 is 0 Å². The lowest BCUT2D eigenvalue weighted by molar-refractivity contribution is 0.0442. The molecule has 2 aromatic carbocycles. The van der Waals surface area contributed by atoms with E-state index in [9.17, 15) is 13.6 Å². The minimum Gasteiger partial charge on any atom is -0.429 e. The van der Waals surface area contributed by atoms with Gasteiger partial charge < -0.3 is 9.47 Å². The molecule has 0 aromatic heterocycles. The van der Waals surface area contributed by atoms with Crippen molar-refractivity contribution < 1.29 is 23.0 Å². The molecule has 4 rings (SSSR count). The number of hydrogen-bond donors (Lipinski definition) is 0. The molecule has 2 aromatic rings. The van der Waals surface area contributed by atoms with Crippen LogP contribution in [0.15, 0.2) is 36.4 Å². The van der Waals surface area contributed by atoms with Crippen LogP contribution in [0.4, 0.5) is 13.6 Å². The summed E-state index contributed by atoms with van der Waals surface area (Å²) in [6.07, 6.45) is 7.96. The summed E-state index contributed by atoms with van der Waals surface area (Å²) in [5.41, 5.74) is 3.52. The van der Waals surface area contributed by atoms with Gasteiger partial charge in [-0.25, -0.2) is 13.6 Å². The fraction of sp³-hybridized carbons (Fsp3) is 0.480. The average molecular weight is 414 g/mol. The van der Waals surface area contributed by atoms with Crippen LogP contribution >= 0.6 is 0 Å². The second-order valence-electron chi connectivity index (χ2n) is 8.48. The molecule has 0 aliphatic heterocycles. The summed E-state index contributed by atoms with van der Waals surface area (Å²) in [5, 5.41) is 0. The predicted molar refractivity (Wildman–Crippen MR) is 110 cm³/mol. The van der Waals surface area contributed by atoms with E-state index in [-0.39, 0.29) is 24.8 Å². The van der Waals surface area contributed by atoms with Gasteiger partial charge in [-0.3, -0.25) is 0 Å². The molecule has 3 nitrogen and oxygen atoms in total. The van der Waals surface area contributed by atoms with Crippen molar-refractivity contribution in [3.8, 4) is 0 Å². The third-order valence-corrected chi connectivity index (χ3v) is 6.50. The second kappa shape index (κ2) is 9.59. The maximum atomic E-state index is 13.7. The van der Waals surface area contributed by atoms with E-state index < -0.39 is 6.16 Å². The third kappa shape index (κ3) is 5.00. The highest BCUT2D eigenvalue weighted by molar-refractivity contribution is 5.60. The van der Waals surface area contributed by atoms with Gasteiger partial charge in [-0.15, -0.1) is 0 Å². The van der Waals surface area contributed by atoms with Gasteiger partial charge in [0.15, 0.2) is 0 Å². The molecule has 0 atom stereocenters. The molecule has 2 aliphatic rings. The van der Waals surface area contributed by atoms with Crippen molar-refractivity contribution in [1.82, 2.24) is 0 Å². The lowest BCUT2D eigenvalue weighted by atomic mass is 9.93. The second-order valence-corrected chi connectivity index (χ2v) is 8.48. The smallest absolute Gasteiger partial charge is 0.429 e. The zero-order valence-electron chi connectivity index (χ0n) is 17.2. The van der Waals surface area contributed by atoms with Crippen molar-refractivity contribution in [2.45, 2.75) is 76.4 Å². The number of halogens is 2. The zero-order chi connectivity index (χ0) is 20.9. The van der Waals surface area contributed by atoms with Gasteiger partial charge >= 0.3 is 6.16 Å². The van der Waals surface area contributed by atoms with E-state index in [0.29, 0.717) is 11.8 Å². The average Bonchev–Trinajstić information content (AvgIpc) is 3.46. The van der Waals surface area contributed by atoms with Crippen LogP contribution in [0.2, 0.25) is 0 Å². The summed E-state index contributed by atoms with van der Waals surface area (Å²) in [6, 6.07) is 9.30. The molecule has 0 amide bonds. The summed E-state index contributed by atoms with van der Waals surface area (Å²) < 4.78 is 38.1. The molecule has 0 N–H and O–H groups in total. The Kier molecular flexibility index (Phi) is 6.66. The summed E-state index contributed by atoms with van der Waals surface area (Å²) in [4.78, 5) is 12.2. The molecular weight excluding hydrogens is 386 g/mol. The van der Waals surface area contributed by atoms with Crippen molar-refractivity contribution in [3.05, 3.63) is 70.3 Å². The first kappa shape index (κ1) is 20.8. The van der Waals surface area contributed by atoms with Crippen LogP contribution < -0.4 is 0 Å². The first-order valence-corrected chi connectivity index (χ1v) is 11.0. The van der Waals surface area contributed by atoms with Crippen LogP contribution in [-0.4, -0.2) is 6.16 Å². The van der Waals surface area contributed by atoms with Gasteiger partial charge in [-0.1, -0.05) is 37.8 Å². The molecule has 0 spiro atoms. The SMILES string of the molecule is O=C(OCc1ccc(F)cc1C1CCCC1)OCc1ccc(F)cc1C1CCCC1. The summed E-state index contributed by atoms with van der Waals surface area (Å²) in [5.74, 6) is 0.116. The van der Waals surface area contributed by atoms with E-state index in [1.807, 2.05) is 0 Å². The summed E-state index contributed by atoms with van der Waals surface area (Å²) in [6.45, 7) is 0.119. The van der Waals surface area contributed by atoms with Crippen LogP contribution in [0.5, 0.6) is 0 Å². The third-order valence-electron chi connectivity index (χ3n) is 6.50. The number of benzene rings is 2. The van der Waals surface area contributed by atoms with E-state index in [4.69, 9.17) is 9.47 Å². The molecule has 0 radical (unpaired) electrons. The molecule has 0 saturated heterocycles. The molecule has 2 saturated carbocycles. The minimum absolute atomic E-state index is 0.0594. The largest absolute Gasteiger partial charge is 0.508 e. The molecule has 2 aliphatic carbocycles. The Morgan fingerprint density at radius 3 is 1.53 bits per heavy atom. The first-order chi connectivity index (χ1) is 14.6. The highest BCUT2D eigenvalue weighted by Crippen LogP contribution is 2.37. The molecule has 0 unspecified atom stereocenters. The Morgan fingerprint density at radius 1 is 0.733 bits per heavy atom. The number of hydrogen-bond acceptors (Lipinski definition) is 3. The molecule has 0 bridgehead atoms. The van der Waals surface area contributed by atoms with Crippen LogP contribution in [0, 0.1) is 11.6 Å². The van der Waals surface area contributed by atoms with E-state index in [1.165, 1.54) is 12.1 Å². The molecule has 0 heterocycles. The zero-order valence-corrected chi connectivity index (χ0v) is 17.2. The van der Waals surface area contributed by atoms with Crippen molar-refractivity contribution in [2.24, 2.45) is 0 Å². The lowest BCUT2D eigenvalue weighted by Crippen LogP contribution is -2.11. The maximum Gasteiger partial charge on any atom is 0.508 e. The van der Waals surface area contributed by atoms with Gasteiger partial charge in [0.1, 0.15) is 24.8 Å².